The Bertz CT molecular complexity index is 914. The van der Waals surface area contributed by atoms with E-state index in [4.69, 9.17) is 9.47 Å². The number of carbonyl (C=O) groups excluding carboxylic acids is 1. The van der Waals surface area contributed by atoms with Crippen molar-refractivity contribution in [3.63, 3.8) is 0 Å². The molecule has 3 aromatic rings. The number of ether oxygens (including phenoxy) is 2. The highest BCUT2D eigenvalue weighted by atomic mass is 79.9. The molecule has 0 aliphatic rings. The molecular formula is C22H20BrNO3. The van der Waals surface area contributed by atoms with Crippen LogP contribution in [0.5, 0.6) is 11.5 Å². The number of nitrogens with zero attached hydrogens (tertiary/aromatic N) is 1. The molecule has 0 aliphatic heterocycles. The molecule has 0 atom stereocenters. The van der Waals surface area contributed by atoms with E-state index in [0.717, 1.165) is 15.7 Å². The van der Waals surface area contributed by atoms with E-state index in [0.29, 0.717) is 23.6 Å². The topological polar surface area (TPSA) is 38.8 Å². The molecule has 0 aliphatic carbocycles. The lowest BCUT2D eigenvalue weighted by molar-refractivity contribution is 0.0985. The second-order valence-electron chi connectivity index (χ2n) is 5.89. The lowest BCUT2D eigenvalue weighted by atomic mass is 10.1. The number of rotatable bonds is 6. The van der Waals surface area contributed by atoms with Gasteiger partial charge in [-0.2, -0.15) is 0 Å². The van der Waals surface area contributed by atoms with Gasteiger partial charge in [-0.25, -0.2) is 0 Å². The van der Waals surface area contributed by atoms with E-state index >= 15 is 0 Å². The molecule has 0 spiro atoms. The lowest BCUT2D eigenvalue weighted by Crippen LogP contribution is -2.30. The van der Waals surface area contributed by atoms with Crippen molar-refractivity contribution in [3.8, 4) is 11.5 Å². The number of para-hydroxylation sites is 1. The molecule has 3 rings (SSSR count). The van der Waals surface area contributed by atoms with Gasteiger partial charge >= 0.3 is 0 Å². The average Bonchev–Trinajstić information content (AvgIpc) is 2.73. The van der Waals surface area contributed by atoms with E-state index in [1.165, 1.54) is 0 Å². The molecule has 0 aromatic heterocycles. The molecule has 4 nitrogen and oxygen atoms in total. The molecule has 0 saturated heterocycles. The number of carbonyl (C=O) groups is 1. The van der Waals surface area contributed by atoms with E-state index in [1.54, 1.807) is 19.1 Å². The minimum atomic E-state index is -0.0662. The standard InChI is InChI=1S/C22H20BrNO3/c1-26-20-13-17(19(23)14-21(20)27-2)15-24(18-11-7-4-8-12-18)22(25)16-9-5-3-6-10-16/h3-14H,15H2,1-2H3. The van der Waals surface area contributed by atoms with Gasteiger partial charge in [0.25, 0.3) is 5.91 Å². The number of amides is 1. The van der Waals surface area contributed by atoms with Crippen LogP contribution in [0.15, 0.2) is 77.3 Å². The summed E-state index contributed by atoms with van der Waals surface area (Å²) < 4.78 is 11.6. The van der Waals surface area contributed by atoms with Gasteiger partial charge in [0.2, 0.25) is 0 Å². The van der Waals surface area contributed by atoms with Crippen molar-refractivity contribution in [3.05, 3.63) is 88.4 Å². The Morgan fingerprint density at radius 3 is 2.04 bits per heavy atom. The van der Waals surface area contributed by atoms with Crippen LogP contribution in [-0.2, 0) is 6.54 Å². The Balaban J connectivity index is 2.01. The first kappa shape index (κ1) is 19.0. The van der Waals surface area contributed by atoms with Crippen LogP contribution < -0.4 is 14.4 Å². The Labute approximate surface area is 167 Å². The fraction of sp³-hybridized carbons (Fsp3) is 0.136. The van der Waals surface area contributed by atoms with Gasteiger partial charge in [0.05, 0.1) is 20.8 Å². The fourth-order valence-electron chi connectivity index (χ4n) is 2.81. The molecule has 1 amide bonds. The number of hydrogen-bond acceptors (Lipinski definition) is 3. The highest BCUT2D eigenvalue weighted by Crippen LogP contribution is 2.34. The zero-order chi connectivity index (χ0) is 19.2. The highest BCUT2D eigenvalue weighted by molar-refractivity contribution is 9.10. The third kappa shape index (κ3) is 4.31. The summed E-state index contributed by atoms with van der Waals surface area (Å²) in [7, 11) is 3.19. The predicted octanol–water partition coefficient (Wildman–Crippen LogP) is 5.31. The maximum atomic E-state index is 13.2. The van der Waals surface area contributed by atoms with Crippen LogP contribution in [0.1, 0.15) is 15.9 Å². The van der Waals surface area contributed by atoms with Crippen LogP contribution >= 0.6 is 15.9 Å². The molecule has 27 heavy (non-hydrogen) atoms. The van der Waals surface area contributed by atoms with Gasteiger partial charge < -0.3 is 14.4 Å². The summed E-state index contributed by atoms with van der Waals surface area (Å²) in [4.78, 5) is 14.9. The van der Waals surface area contributed by atoms with E-state index in [2.05, 4.69) is 15.9 Å². The first-order valence-electron chi connectivity index (χ1n) is 8.46. The van der Waals surface area contributed by atoms with Crippen molar-refractivity contribution in [1.29, 1.82) is 0 Å². The Hall–Kier alpha value is -2.79. The zero-order valence-electron chi connectivity index (χ0n) is 15.2. The van der Waals surface area contributed by atoms with Crippen LogP contribution in [0.3, 0.4) is 0 Å². The summed E-state index contributed by atoms with van der Waals surface area (Å²) in [5, 5.41) is 0. The summed E-state index contributed by atoms with van der Waals surface area (Å²) in [5.41, 5.74) is 2.38. The quantitative estimate of drug-likeness (QED) is 0.536. The molecule has 5 heteroatoms. The number of methoxy groups -OCH3 is 2. The maximum Gasteiger partial charge on any atom is 0.258 e. The summed E-state index contributed by atoms with van der Waals surface area (Å²) in [5.74, 6) is 1.19. The predicted molar refractivity (Wildman–Crippen MR) is 111 cm³/mol. The SMILES string of the molecule is COc1cc(Br)c(CN(C(=O)c2ccccc2)c2ccccc2)cc1OC. The van der Waals surface area contributed by atoms with Gasteiger partial charge in [-0.3, -0.25) is 4.79 Å². The summed E-state index contributed by atoms with van der Waals surface area (Å²) >= 11 is 3.58. The van der Waals surface area contributed by atoms with Crippen molar-refractivity contribution in [2.75, 3.05) is 19.1 Å². The summed E-state index contributed by atoms with van der Waals surface area (Å²) in [6.07, 6.45) is 0. The lowest BCUT2D eigenvalue weighted by Gasteiger charge is -2.24. The average molecular weight is 426 g/mol. The third-order valence-corrected chi connectivity index (χ3v) is 4.95. The van der Waals surface area contributed by atoms with Crippen molar-refractivity contribution < 1.29 is 14.3 Å². The molecule has 3 aromatic carbocycles. The second-order valence-corrected chi connectivity index (χ2v) is 6.75. The molecule has 0 heterocycles. The summed E-state index contributed by atoms with van der Waals surface area (Å²) in [6.45, 7) is 0.388. The van der Waals surface area contributed by atoms with Gasteiger partial charge in [-0.05, 0) is 42.0 Å². The molecule has 0 fully saturated rings. The number of benzene rings is 3. The minimum absolute atomic E-state index is 0.0662. The normalized spacial score (nSPS) is 10.3. The van der Waals surface area contributed by atoms with E-state index in [1.807, 2.05) is 72.8 Å². The van der Waals surface area contributed by atoms with Gasteiger partial charge in [0.15, 0.2) is 11.5 Å². The van der Waals surface area contributed by atoms with Crippen LogP contribution in [0.4, 0.5) is 5.69 Å². The molecule has 0 bridgehead atoms. The number of halogens is 1. The Morgan fingerprint density at radius 1 is 0.889 bits per heavy atom. The van der Waals surface area contributed by atoms with Gasteiger partial charge in [0.1, 0.15) is 0 Å². The van der Waals surface area contributed by atoms with Crippen molar-refractivity contribution in [2.45, 2.75) is 6.54 Å². The van der Waals surface area contributed by atoms with E-state index in [-0.39, 0.29) is 5.91 Å². The smallest absolute Gasteiger partial charge is 0.258 e. The van der Waals surface area contributed by atoms with Crippen molar-refractivity contribution >= 4 is 27.5 Å². The zero-order valence-corrected chi connectivity index (χ0v) is 16.8. The van der Waals surface area contributed by atoms with Gasteiger partial charge in [-0.15, -0.1) is 0 Å². The molecule has 138 valence electrons. The molecule has 0 saturated carbocycles. The van der Waals surface area contributed by atoms with Gasteiger partial charge in [0, 0.05) is 15.7 Å². The van der Waals surface area contributed by atoms with E-state index in [9.17, 15) is 4.79 Å². The molecule has 0 unspecified atom stereocenters. The van der Waals surface area contributed by atoms with Crippen LogP contribution in [0, 0.1) is 0 Å². The molecular weight excluding hydrogens is 406 g/mol. The minimum Gasteiger partial charge on any atom is -0.493 e. The monoisotopic (exact) mass is 425 g/mol. The fourth-order valence-corrected chi connectivity index (χ4v) is 3.26. The van der Waals surface area contributed by atoms with Crippen LogP contribution in [0.2, 0.25) is 0 Å². The Morgan fingerprint density at radius 2 is 1.44 bits per heavy atom. The van der Waals surface area contributed by atoms with Crippen molar-refractivity contribution in [2.24, 2.45) is 0 Å². The third-order valence-electron chi connectivity index (χ3n) is 4.21. The highest BCUT2D eigenvalue weighted by Gasteiger charge is 2.20. The van der Waals surface area contributed by atoms with Crippen molar-refractivity contribution in [1.82, 2.24) is 0 Å². The second kappa shape index (κ2) is 8.73. The molecule has 0 N–H and O–H groups in total. The summed E-state index contributed by atoms with van der Waals surface area (Å²) in [6, 6.07) is 22.6. The number of anilines is 1. The first-order valence-corrected chi connectivity index (χ1v) is 9.25. The van der Waals surface area contributed by atoms with Crippen LogP contribution in [-0.4, -0.2) is 20.1 Å². The Kier molecular flexibility index (Phi) is 6.14. The largest absolute Gasteiger partial charge is 0.493 e. The maximum absolute atomic E-state index is 13.2. The van der Waals surface area contributed by atoms with Crippen LogP contribution in [0.25, 0.3) is 0 Å². The number of hydrogen-bond donors (Lipinski definition) is 0. The van der Waals surface area contributed by atoms with E-state index < -0.39 is 0 Å². The van der Waals surface area contributed by atoms with Gasteiger partial charge in [-0.1, -0.05) is 52.3 Å². The molecule has 0 radical (unpaired) electrons. The first-order chi connectivity index (χ1) is 13.1.